The molecular weight excluding hydrogens is 330 g/mol. The Kier molecular flexibility index (Phi) is 4.60. The summed E-state index contributed by atoms with van der Waals surface area (Å²) in [5.41, 5.74) is 0.424. The molecule has 0 radical (unpaired) electrons. The van der Waals surface area contributed by atoms with Crippen LogP contribution < -0.4 is 0 Å². The minimum absolute atomic E-state index is 0.132. The summed E-state index contributed by atoms with van der Waals surface area (Å²) in [6.45, 7) is 0. The van der Waals surface area contributed by atoms with Gasteiger partial charge in [-0.05, 0) is 29.3 Å². The van der Waals surface area contributed by atoms with Crippen molar-refractivity contribution in [3.63, 3.8) is 0 Å². The summed E-state index contributed by atoms with van der Waals surface area (Å²) in [5.74, 6) is 0. The van der Waals surface area contributed by atoms with Crippen molar-refractivity contribution in [2.75, 3.05) is 0 Å². The smallest absolute Gasteiger partial charge is 0.282 e. The van der Waals surface area contributed by atoms with Crippen molar-refractivity contribution < 1.29 is 17.9 Å². The van der Waals surface area contributed by atoms with Crippen LogP contribution in [0.15, 0.2) is 47.4 Å². The lowest BCUT2D eigenvalue weighted by molar-refractivity contribution is -0.385. The Balaban J connectivity index is 2.49. The molecule has 0 saturated carbocycles. The predicted octanol–water partition coefficient (Wildman–Crippen LogP) is 3.67. The molecule has 0 fully saturated rings. The van der Waals surface area contributed by atoms with E-state index in [-0.39, 0.29) is 5.56 Å². The van der Waals surface area contributed by atoms with Gasteiger partial charge in [0.05, 0.1) is 4.92 Å². The van der Waals surface area contributed by atoms with E-state index < -0.39 is 25.6 Å². The van der Waals surface area contributed by atoms with E-state index in [0.29, 0.717) is 10.6 Å². The summed E-state index contributed by atoms with van der Waals surface area (Å²) in [5, 5.41) is 11.2. The number of hydrogen-bond donors (Lipinski definition) is 1. The van der Waals surface area contributed by atoms with Crippen LogP contribution in [0.2, 0.25) is 5.02 Å². The Morgan fingerprint density at radius 1 is 1.14 bits per heavy atom. The molecular formula is C14H10ClNO5S. The van der Waals surface area contributed by atoms with Crippen LogP contribution in [0.5, 0.6) is 0 Å². The van der Waals surface area contributed by atoms with Gasteiger partial charge in [0.1, 0.15) is 4.90 Å². The molecule has 0 spiro atoms. The van der Waals surface area contributed by atoms with Crippen LogP contribution in [-0.2, 0) is 10.1 Å². The van der Waals surface area contributed by atoms with E-state index in [1.165, 1.54) is 12.1 Å². The van der Waals surface area contributed by atoms with E-state index in [1.54, 1.807) is 30.3 Å². The summed E-state index contributed by atoms with van der Waals surface area (Å²) < 4.78 is 32.0. The Morgan fingerprint density at radius 3 is 2.45 bits per heavy atom. The van der Waals surface area contributed by atoms with E-state index in [9.17, 15) is 23.1 Å². The molecule has 0 aliphatic carbocycles. The van der Waals surface area contributed by atoms with Crippen molar-refractivity contribution in [3.05, 3.63) is 68.7 Å². The number of nitrogens with zero attached hydrogens (tertiary/aromatic N) is 1. The van der Waals surface area contributed by atoms with E-state index in [0.717, 1.165) is 12.1 Å². The first-order valence-electron chi connectivity index (χ1n) is 5.97. The molecule has 2 aromatic rings. The van der Waals surface area contributed by atoms with E-state index >= 15 is 0 Å². The Morgan fingerprint density at radius 2 is 1.86 bits per heavy atom. The minimum atomic E-state index is -4.58. The average molecular weight is 340 g/mol. The first-order valence-corrected chi connectivity index (χ1v) is 7.79. The van der Waals surface area contributed by atoms with Gasteiger partial charge in [-0.25, -0.2) is 0 Å². The minimum Gasteiger partial charge on any atom is -0.282 e. The zero-order valence-corrected chi connectivity index (χ0v) is 12.6. The highest BCUT2D eigenvalue weighted by Gasteiger charge is 2.18. The van der Waals surface area contributed by atoms with E-state index in [2.05, 4.69) is 0 Å². The van der Waals surface area contributed by atoms with Crippen LogP contribution in [0, 0.1) is 10.1 Å². The molecule has 6 nitrogen and oxygen atoms in total. The maximum atomic E-state index is 11.4. The molecule has 0 atom stereocenters. The summed E-state index contributed by atoms with van der Waals surface area (Å²) in [4.78, 5) is 9.44. The molecule has 0 aliphatic heterocycles. The van der Waals surface area contributed by atoms with Crippen molar-refractivity contribution >= 4 is 39.6 Å². The number of non-ortho nitro benzene ring substituents is 1. The third kappa shape index (κ3) is 3.91. The van der Waals surface area contributed by atoms with Crippen molar-refractivity contribution in [1.29, 1.82) is 0 Å². The number of halogens is 1. The molecule has 0 heterocycles. The van der Waals surface area contributed by atoms with Gasteiger partial charge >= 0.3 is 0 Å². The largest absolute Gasteiger partial charge is 0.295 e. The predicted molar refractivity (Wildman–Crippen MR) is 83.3 cm³/mol. The third-order valence-corrected chi connectivity index (χ3v) is 3.93. The molecule has 0 saturated heterocycles. The standard InChI is InChI=1S/C14H10ClNO5S/c15-12-3-1-2-10(8-12)4-5-11-6-7-13(16(17)18)9-14(11)22(19,20)21/h1-9H,(H,19,20,21)/b5-4+. The maximum absolute atomic E-state index is 11.4. The van der Waals surface area contributed by atoms with Crippen molar-refractivity contribution in [3.8, 4) is 0 Å². The second kappa shape index (κ2) is 6.27. The second-order valence-corrected chi connectivity index (χ2v) is 6.17. The van der Waals surface area contributed by atoms with Crippen LogP contribution >= 0.6 is 11.6 Å². The highest BCUT2D eigenvalue weighted by molar-refractivity contribution is 7.86. The zero-order chi connectivity index (χ0) is 16.3. The molecule has 0 amide bonds. The molecule has 0 aliphatic rings. The topological polar surface area (TPSA) is 97.5 Å². The van der Waals surface area contributed by atoms with Gasteiger partial charge in [-0.3, -0.25) is 14.7 Å². The molecule has 1 N–H and O–H groups in total. The van der Waals surface area contributed by atoms with Gasteiger partial charge in [0, 0.05) is 17.2 Å². The molecule has 2 aromatic carbocycles. The number of nitro benzene ring substituents is 1. The van der Waals surface area contributed by atoms with Crippen molar-refractivity contribution in [1.82, 2.24) is 0 Å². The van der Waals surface area contributed by atoms with Gasteiger partial charge in [-0.15, -0.1) is 0 Å². The third-order valence-electron chi connectivity index (χ3n) is 2.79. The van der Waals surface area contributed by atoms with Gasteiger partial charge in [0.15, 0.2) is 0 Å². The van der Waals surface area contributed by atoms with Gasteiger partial charge in [-0.1, -0.05) is 35.9 Å². The van der Waals surface area contributed by atoms with Crippen LogP contribution in [0.4, 0.5) is 5.69 Å². The summed E-state index contributed by atoms with van der Waals surface area (Å²) >= 11 is 5.84. The van der Waals surface area contributed by atoms with Gasteiger partial charge in [-0.2, -0.15) is 8.42 Å². The summed E-state index contributed by atoms with van der Waals surface area (Å²) in [6, 6.07) is 10.1. The highest BCUT2D eigenvalue weighted by Crippen LogP contribution is 2.24. The quantitative estimate of drug-likeness (QED) is 0.396. The lowest BCUT2D eigenvalue weighted by Gasteiger charge is -2.03. The molecule has 2 rings (SSSR count). The van der Waals surface area contributed by atoms with Gasteiger partial charge in [0.25, 0.3) is 15.8 Å². The van der Waals surface area contributed by atoms with E-state index in [1.807, 2.05) is 0 Å². The fraction of sp³-hybridized carbons (Fsp3) is 0. The summed E-state index contributed by atoms with van der Waals surface area (Å²) in [6.07, 6.45) is 3.01. The van der Waals surface area contributed by atoms with Crippen LogP contribution in [0.25, 0.3) is 12.2 Å². The summed E-state index contributed by atoms with van der Waals surface area (Å²) in [7, 11) is -4.58. The van der Waals surface area contributed by atoms with Crippen LogP contribution in [-0.4, -0.2) is 17.9 Å². The maximum Gasteiger partial charge on any atom is 0.295 e. The molecule has 0 unspecified atom stereocenters. The fourth-order valence-corrected chi connectivity index (χ4v) is 2.70. The Bertz CT molecular complexity index is 861. The number of hydrogen-bond acceptors (Lipinski definition) is 4. The molecule has 8 heteroatoms. The van der Waals surface area contributed by atoms with Crippen LogP contribution in [0.1, 0.15) is 11.1 Å². The molecule has 0 bridgehead atoms. The SMILES string of the molecule is O=[N+]([O-])c1ccc(/C=C/c2cccc(Cl)c2)c(S(=O)(=O)O)c1. The number of rotatable bonds is 4. The average Bonchev–Trinajstić information content (AvgIpc) is 2.44. The number of nitro groups is 1. The second-order valence-electron chi connectivity index (χ2n) is 4.34. The molecule has 0 aromatic heterocycles. The monoisotopic (exact) mass is 339 g/mol. The van der Waals surface area contributed by atoms with Gasteiger partial charge in [0.2, 0.25) is 0 Å². The first kappa shape index (κ1) is 16.2. The Hall–Kier alpha value is -2.22. The lowest BCUT2D eigenvalue weighted by Crippen LogP contribution is -2.02. The first-order chi connectivity index (χ1) is 10.3. The fourth-order valence-electron chi connectivity index (χ4n) is 1.79. The molecule has 22 heavy (non-hydrogen) atoms. The normalized spacial score (nSPS) is 11.7. The van der Waals surface area contributed by atoms with E-state index in [4.69, 9.17) is 11.6 Å². The van der Waals surface area contributed by atoms with Crippen molar-refractivity contribution in [2.45, 2.75) is 4.90 Å². The lowest BCUT2D eigenvalue weighted by atomic mass is 10.1. The number of benzene rings is 2. The Labute approximate surface area is 131 Å². The highest BCUT2D eigenvalue weighted by atomic mass is 35.5. The van der Waals surface area contributed by atoms with Crippen molar-refractivity contribution in [2.24, 2.45) is 0 Å². The van der Waals surface area contributed by atoms with Crippen LogP contribution in [0.3, 0.4) is 0 Å². The molecule has 114 valence electrons. The van der Waals surface area contributed by atoms with Gasteiger partial charge < -0.3 is 0 Å². The zero-order valence-electron chi connectivity index (χ0n) is 11.0.